The van der Waals surface area contributed by atoms with Crippen LogP contribution in [0.1, 0.15) is 51.7 Å². The monoisotopic (exact) mass is 397 g/mol. The van der Waals surface area contributed by atoms with E-state index in [2.05, 4.69) is 48.2 Å². The lowest BCUT2D eigenvalue weighted by Gasteiger charge is -2.34. The van der Waals surface area contributed by atoms with Crippen LogP contribution < -0.4 is 9.47 Å². The summed E-state index contributed by atoms with van der Waals surface area (Å²) in [5, 5.41) is 10.7. The summed E-state index contributed by atoms with van der Waals surface area (Å²) in [5.74, 6) is 1.70. The summed E-state index contributed by atoms with van der Waals surface area (Å²) in [5.41, 5.74) is 1.94. The number of likely N-dealkylation sites (tertiary alicyclic amines) is 1. The van der Waals surface area contributed by atoms with Crippen molar-refractivity contribution in [1.29, 1.82) is 0 Å². The third-order valence-electron chi connectivity index (χ3n) is 6.01. The number of aliphatic hydroxyl groups excluding tert-OH is 1. The molecule has 3 atom stereocenters. The highest BCUT2D eigenvalue weighted by Gasteiger charge is 2.47. The van der Waals surface area contributed by atoms with Gasteiger partial charge in [-0.25, -0.2) is 0 Å². The summed E-state index contributed by atoms with van der Waals surface area (Å²) in [6.07, 6.45) is -0.414. The van der Waals surface area contributed by atoms with Gasteiger partial charge in [-0.3, -0.25) is 4.90 Å². The number of methoxy groups -OCH3 is 1. The molecule has 3 rings (SSSR count). The lowest BCUT2D eigenvalue weighted by atomic mass is 9.72. The zero-order chi connectivity index (χ0) is 21.2. The fourth-order valence-electron chi connectivity index (χ4n) is 4.31. The van der Waals surface area contributed by atoms with Gasteiger partial charge in [0, 0.05) is 31.0 Å². The molecule has 2 aromatic carbocycles. The number of benzene rings is 2. The molecule has 158 valence electrons. The van der Waals surface area contributed by atoms with Gasteiger partial charge in [-0.15, -0.1) is 0 Å². The molecular formula is C25H35NO3. The molecule has 0 bridgehead atoms. The highest BCUT2D eigenvalue weighted by Crippen LogP contribution is 2.47. The van der Waals surface area contributed by atoms with Crippen molar-refractivity contribution >= 4 is 0 Å². The zero-order valence-electron chi connectivity index (χ0n) is 18.6. The maximum atomic E-state index is 10.7. The van der Waals surface area contributed by atoms with E-state index in [4.69, 9.17) is 9.47 Å². The van der Waals surface area contributed by atoms with Crippen molar-refractivity contribution in [3.63, 3.8) is 0 Å². The summed E-state index contributed by atoms with van der Waals surface area (Å²) in [6, 6.07) is 16.7. The molecule has 1 aliphatic heterocycles. The summed E-state index contributed by atoms with van der Waals surface area (Å²) in [6.45, 7) is 12.9. The molecule has 1 saturated heterocycles. The van der Waals surface area contributed by atoms with Crippen molar-refractivity contribution in [2.24, 2.45) is 5.41 Å². The van der Waals surface area contributed by atoms with E-state index in [-0.39, 0.29) is 16.9 Å². The quantitative estimate of drug-likeness (QED) is 0.756. The molecule has 29 heavy (non-hydrogen) atoms. The Labute approximate surface area is 175 Å². The minimum atomic E-state index is -0.414. The molecule has 0 amide bonds. The van der Waals surface area contributed by atoms with Gasteiger partial charge in [0.05, 0.1) is 13.2 Å². The summed E-state index contributed by atoms with van der Waals surface area (Å²) in [4.78, 5) is 2.45. The number of nitrogens with zero attached hydrogens (tertiary/aromatic N) is 1. The fraction of sp³-hybridized carbons (Fsp3) is 0.520. The van der Waals surface area contributed by atoms with Crippen LogP contribution in [0.15, 0.2) is 48.5 Å². The van der Waals surface area contributed by atoms with Crippen LogP contribution in [0.4, 0.5) is 0 Å². The molecule has 0 aromatic heterocycles. The van der Waals surface area contributed by atoms with Gasteiger partial charge in [-0.2, -0.15) is 0 Å². The Kier molecular flexibility index (Phi) is 6.25. The number of hydrogen-bond donors (Lipinski definition) is 1. The van der Waals surface area contributed by atoms with Gasteiger partial charge in [0.25, 0.3) is 0 Å². The van der Waals surface area contributed by atoms with Crippen molar-refractivity contribution < 1.29 is 14.6 Å². The number of rotatable bonds is 6. The number of ether oxygens (including phenoxy) is 2. The maximum Gasteiger partial charge on any atom is 0.162 e. The first-order valence-corrected chi connectivity index (χ1v) is 10.4. The van der Waals surface area contributed by atoms with Gasteiger partial charge in [0.1, 0.15) is 5.60 Å². The van der Waals surface area contributed by atoms with Crippen LogP contribution in [0, 0.1) is 5.41 Å². The molecule has 2 aromatic rings. The van der Waals surface area contributed by atoms with Crippen molar-refractivity contribution in [1.82, 2.24) is 4.90 Å². The second kappa shape index (κ2) is 8.37. The van der Waals surface area contributed by atoms with Crippen LogP contribution in [0.2, 0.25) is 0 Å². The van der Waals surface area contributed by atoms with Crippen LogP contribution in [0.25, 0.3) is 0 Å². The van der Waals surface area contributed by atoms with Gasteiger partial charge < -0.3 is 14.6 Å². The Morgan fingerprint density at radius 2 is 1.83 bits per heavy atom. The fourth-order valence-corrected chi connectivity index (χ4v) is 4.31. The zero-order valence-corrected chi connectivity index (χ0v) is 18.6. The van der Waals surface area contributed by atoms with E-state index < -0.39 is 6.10 Å². The Morgan fingerprint density at radius 3 is 2.41 bits per heavy atom. The van der Waals surface area contributed by atoms with Gasteiger partial charge in [0.15, 0.2) is 11.5 Å². The average molecular weight is 398 g/mol. The van der Waals surface area contributed by atoms with E-state index in [9.17, 15) is 5.11 Å². The molecule has 0 spiro atoms. The van der Waals surface area contributed by atoms with E-state index in [1.165, 1.54) is 11.1 Å². The predicted molar refractivity (Wildman–Crippen MR) is 118 cm³/mol. The van der Waals surface area contributed by atoms with Crippen molar-refractivity contribution in [3.8, 4) is 11.5 Å². The first-order chi connectivity index (χ1) is 13.6. The topological polar surface area (TPSA) is 41.9 Å². The van der Waals surface area contributed by atoms with E-state index >= 15 is 0 Å². The van der Waals surface area contributed by atoms with Crippen LogP contribution in [0.3, 0.4) is 0 Å². The third-order valence-corrected chi connectivity index (χ3v) is 6.01. The lowest BCUT2D eigenvalue weighted by molar-refractivity contribution is 0.0473. The summed E-state index contributed by atoms with van der Waals surface area (Å²) in [7, 11) is 1.67. The molecule has 1 heterocycles. The SMILES string of the molecule is COc1ccc([C@@H]2CN(Cc3ccccc3)CC2(C)C(C)O)cc1OC(C)(C)C. The van der Waals surface area contributed by atoms with Gasteiger partial charge in [0.2, 0.25) is 0 Å². The second-order valence-electron chi connectivity index (χ2n) is 9.51. The van der Waals surface area contributed by atoms with Gasteiger partial charge in [-0.05, 0) is 51.0 Å². The second-order valence-corrected chi connectivity index (χ2v) is 9.51. The Balaban J connectivity index is 1.91. The van der Waals surface area contributed by atoms with Crippen LogP contribution in [-0.4, -0.2) is 41.9 Å². The molecular weight excluding hydrogens is 362 g/mol. The molecule has 0 saturated carbocycles. The maximum absolute atomic E-state index is 10.7. The molecule has 1 aliphatic rings. The summed E-state index contributed by atoms with van der Waals surface area (Å²) < 4.78 is 11.7. The minimum absolute atomic E-state index is 0.208. The molecule has 4 heteroatoms. The first-order valence-electron chi connectivity index (χ1n) is 10.4. The number of hydrogen-bond acceptors (Lipinski definition) is 4. The van der Waals surface area contributed by atoms with E-state index in [0.29, 0.717) is 0 Å². The third kappa shape index (κ3) is 4.93. The first kappa shape index (κ1) is 21.7. The normalized spacial score (nSPS) is 23.8. The van der Waals surface area contributed by atoms with Gasteiger partial charge >= 0.3 is 0 Å². The van der Waals surface area contributed by atoms with E-state index in [0.717, 1.165) is 31.1 Å². The Morgan fingerprint density at radius 1 is 1.14 bits per heavy atom. The van der Waals surface area contributed by atoms with Gasteiger partial charge in [-0.1, -0.05) is 43.3 Å². The van der Waals surface area contributed by atoms with Crippen molar-refractivity contribution in [2.45, 2.75) is 58.8 Å². The average Bonchev–Trinajstić information content (AvgIpc) is 2.99. The highest BCUT2D eigenvalue weighted by atomic mass is 16.5. The van der Waals surface area contributed by atoms with E-state index in [1.807, 2.05) is 39.8 Å². The molecule has 0 radical (unpaired) electrons. The molecule has 1 fully saturated rings. The highest BCUT2D eigenvalue weighted by molar-refractivity contribution is 5.45. The van der Waals surface area contributed by atoms with Crippen LogP contribution in [0.5, 0.6) is 11.5 Å². The molecule has 0 aliphatic carbocycles. The molecule has 4 nitrogen and oxygen atoms in total. The standard InChI is InChI=1S/C25H35NO3/c1-18(27)25(5)17-26(15-19-10-8-7-9-11-19)16-21(25)20-12-13-22(28-6)23(14-20)29-24(2,3)4/h7-14,18,21,27H,15-17H2,1-6H3/t18?,21-,25?/m0/s1. The summed E-state index contributed by atoms with van der Waals surface area (Å²) >= 11 is 0. The van der Waals surface area contributed by atoms with Crippen molar-refractivity contribution in [3.05, 3.63) is 59.7 Å². The van der Waals surface area contributed by atoms with E-state index in [1.54, 1.807) is 7.11 Å². The van der Waals surface area contributed by atoms with Crippen molar-refractivity contribution in [2.75, 3.05) is 20.2 Å². The lowest BCUT2D eigenvalue weighted by Crippen LogP contribution is -2.37. The Bertz CT molecular complexity index is 813. The Hall–Kier alpha value is -2.04. The number of aliphatic hydroxyl groups is 1. The largest absolute Gasteiger partial charge is 0.493 e. The van der Waals surface area contributed by atoms with Crippen LogP contribution >= 0.6 is 0 Å². The smallest absolute Gasteiger partial charge is 0.162 e. The van der Waals surface area contributed by atoms with Crippen LogP contribution in [-0.2, 0) is 6.54 Å². The predicted octanol–water partition coefficient (Wildman–Crippen LogP) is 4.86. The minimum Gasteiger partial charge on any atom is -0.493 e. The molecule has 1 N–H and O–H groups in total. The molecule has 2 unspecified atom stereocenters.